The zero-order valence-corrected chi connectivity index (χ0v) is 14.3. The molecular formula is C19H23NO4. The summed E-state index contributed by atoms with van der Waals surface area (Å²) in [5, 5.41) is 2.95. The van der Waals surface area contributed by atoms with Gasteiger partial charge in [-0.3, -0.25) is 9.59 Å². The molecule has 1 saturated carbocycles. The maximum atomic E-state index is 12.9. The number of aldehydes is 1. The molecule has 4 atom stereocenters. The second-order valence-electron chi connectivity index (χ2n) is 7.09. The largest absolute Gasteiger partial charge is 0.466 e. The topological polar surface area (TPSA) is 72.5 Å². The number of benzene rings is 1. The first kappa shape index (κ1) is 16.7. The number of nitrogens with one attached hydrogen (secondary N) is 1. The summed E-state index contributed by atoms with van der Waals surface area (Å²) in [6.45, 7) is 5.88. The first-order chi connectivity index (χ1) is 11.4. The summed E-state index contributed by atoms with van der Waals surface area (Å²) in [4.78, 5) is 36.8. The summed E-state index contributed by atoms with van der Waals surface area (Å²) >= 11 is 0. The summed E-state index contributed by atoms with van der Waals surface area (Å²) < 4.78 is 5.07. The zero-order chi connectivity index (χ0) is 17.5. The van der Waals surface area contributed by atoms with Gasteiger partial charge in [-0.1, -0.05) is 32.0 Å². The molecule has 24 heavy (non-hydrogen) atoms. The SMILES string of the molecule is CCOC(=O)C[C@@H]1C[C@]2(C(=O)Nc3ccccc32)[C@@H](C)[C@@]1(C)C=O. The van der Waals surface area contributed by atoms with Gasteiger partial charge < -0.3 is 14.8 Å². The molecule has 1 aliphatic heterocycles. The minimum absolute atomic E-state index is 0.0735. The smallest absolute Gasteiger partial charge is 0.306 e. The van der Waals surface area contributed by atoms with Gasteiger partial charge in [-0.25, -0.2) is 0 Å². The summed E-state index contributed by atoms with van der Waals surface area (Å²) in [6, 6.07) is 7.62. The third kappa shape index (κ3) is 2.10. The van der Waals surface area contributed by atoms with E-state index in [-0.39, 0.29) is 30.1 Å². The van der Waals surface area contributed by atoms with E-state index in [1.165, 1.54) is 0 Å². The third-order valence-electron chi connectivity index (χ3n) is 6.15. The highest BCUT2D eigenvalue weighted by Crippen LogP contribution is 2.61. The maximum absolute atomic E-state index is 12.9. The molecule has 1 spiro atoms. The molecule has 1 aromatic rings. The Morgan fingerprint density at radius 3 is 2.79 bits per heavy atom. The first-order valence-electron chi connectivity index (χ1n) is 8.43. The Morgan fingerprint density at radius 1 is 1.42 bits per heavy atom. The fraction of sp³-hybridized carbons (Fsp3) is 0.526. The third-order valence-corrected chi connectivity index (χ3v) is 6.15. The van der Waals surface area contributed by atoms with E-state index in [1.54, 1.807) is 6.92 Å². The molecule has 0 saturated heterocycles. The van der Waals surface area contributed by atoms with Crippen molar-refractivity contribution in [1.82, 2.24) is 0 Å². The second kappa shape index (κ2) is 5.72. The van der Waals surface area contributed by atoms with Gasteiger partial charge in [0.2, 0.25) is 5.91 Å². The van der Waals surface area contributed by atoms with Crippen LogP contribution in [0.3, 0.4) is 0 Å². The van der Waals surface area contributed by atoms with E-state index < -0.39 is 10.8 Å². The highest BCUT2D eigenvalue weighted by atomic mass is 16.5. The number of carbonyl (C=O) groups is 3. The van der Waals surface area contributed by atoms with Crippen LogP contribution in [-0.4, -0.2) is 24.8 Å². The number of rotatable bonds is 4. The Kier molecular flexibility index (Phi) is 3.98. The molecule has 3 rings (SSSR count). The molecule has 0 unspecified atom stereocenters. The highest BCUT2D eigenvalue weighted by molar-refractivity contribution is 6.07. The number of carbonyl (C=O) groups excluding carboxylic acids is 3. The molecule has 1 amide bonds. The number of fused-ring (bicyclic) bond motifs is 2. The van der Waals surface area contributed by atoms with Crippen molar-refractivity contribution in [3.8, 4) is 0 Å². The quantitative estimate of drug-likeness (QED) is 0.681. The van der Waals surface area contributed by atoms with Crippen LogP contribution >= 0.6 is 0 Å². The maximum Gasteiger partial charge on any atom is 0.306 e. The van der Waals surface area contributed by atoms with Gasteiger partial charge in [-0.05, 0) is 36.8 Å². The lowest BCUT2D eigenvalue weighted by Gasteiger charge is -2.33. The van der Waals surface area contributed by atoms with E-state index in [0.717, 1.165) is 17.5 Å². The number of esters is 1. The molecule has 1 aliphatic carbocycles. The molecule has 0 bridgehead atoms. The van der Waals surface area contributed by atoms with Gasteiger partial charge in [-0.15, -0.1) is 0 Å². The average Bonchev–Trinajstić information content (AvgIpc) is 2.96. The lowest BCUT2D eigenvalue weighted by atomic mass is 9.67. The first-order valence-corrected chi connectivity index (χ1v) is 8.43. The molecule has 0 aromatic heterocycles. The van der Waals surface area contributed by atoms with Crippen molar-refractivity contribution in [3.05, 3.63) is 29.8 Å². The van der Waals surface area contributed by atoms with Gasteiger partial charge in [0.25, 0.3) is 0 Å². The summed E-state index contributed by atoms with van der Waals surface area (Å²) in [5.41, 5.74) is 0.228. The predicted molar refractivity (Wildman–Crippen MR) is 89.4 cm³/mol. The molecule has 1 N–H and O–H groups in total. The molecule has 1 heterocycles. The van der Waals surface area contributed by atoms with Crippen LogP contribution in [0.1, 0.15) is 39.2 Å². The Bertz CT molecular complexity index is 700. The van der Waals surface area contributed by atoms with Crippen LogP contribution < -0.4 is 5.32 Å². The fourth-order valence-corrected chi connectivity index (χ4v) is 4.55. The Balaban J connectivity index is 2.04. The average molecular weight is 329 g/mol. The molecule has 5 nitrogen and oxygen atoms in total. The molecule has 5 heteroatoms. The van der Waals surface area contributed by atoms with E-state index in [1.807, 2.05) is 38.1 Å². The zero-order valence-electron chi connectivity index (χ0n) is 14.3. The minimum Gasteiger partial charge on any atom is -0.466 e. The van der Waals surface area contributed by atoms with Gasteiger partial charge in [-0.2, -0.15) is 0 Å². The Morgan fingerprint density at radius 2 is 2.12 bits per heavy atom. The molecule has 1 fully saturated rings. The van der Waals surface area contributed by atoms with Crippen LogP contribution in [0, 0.1) is 17.3 Å². The molecule has 2 aliphatic rings. The molecule has 0 radical (unpaired) electrons. The Labute approximate surface area is 141 Å². The van der Waals surface area contributed by atoms with E-state index in [2.05, 4.69) is 5.32 Å². The standard InChI is InChI=1S/C19H23NO4/c1-4-24-16(22)9-13-10-19(12(2)18(13,3)11-21)14-7-5-6-8-15(14)20-17(19)23/h5-8,11-13H,4,9-10H2,1-3H3,(H,20,23)/t12-,13+,18+,19-/m0/s1. The van der Waals surface area contributed by atoms with Crippen molar-refractivity contribution in [2.24, 2.45) is 17.3 Å². The lowest BCUT2D eigenvalue weighted by Crippen LogP contribution is -2.41. The molecule has 128 valence electrons. The number of amides is 1. The normalized spacial score (nSPS) is 34.0. The summed E-state index contributed by atoms with van der Waals surface area (Å²) in [5.74, 6) is -0.811. The van der Waals surface area contributed by atoms with E-state index in [9.17, 15) is 14.4 Å². The van der Waals surface area contributed by atoms with Gasteiger partial charge in [0.1, 0.15) is 6.29 Å². The van der Waals surface area contributed by atoms with Crippen LogP contribution in [0.4, 0.5) is 5.69 Å². The second-order valence-corrected chi connectivity index (χ2v) is 7.09. The van der Waals surface area contributed by atoms with Crippen molar-refractivity contribution < 1.29 is 19.1 Å². The number of para-hydroxylation sites is 1. The van der Waals surface area contributed by atoms with Crippen LogP contribution in [0.15, 0.2) is 24.3 Å². The summed E-state index contributed by atoms with van der Waals surface area (Å²) in [6.07, 6.45) is 1.56. The van der Waals surface area contributed by atoms with Gasteiger partial charge >= 0.3 is 5.97 Å². The van der Waals surface area contributed by atoms with E-state index >= 15 is 0 Å². The van der Waals surface area contributed by atoms with Crippen LogP contribution in [0.5, 0.6) is 0 Å². The number of anilines is 1. The van der Waals surface area contributed by atoms with E-state index in [0.29, 0.717) is 13.0 Å². The van der Waals surface area contributed by atoms with E-state index in [4.69, 9.17) is 4.74 Å². The molecular weight excluding hydrogens is 306 g/mol. The van der Waals surface area contributed by atoms with Crippen molar-refractivity contribution >= 4 is 23.9 Å². The minimum atomic E-state index is -0.761. The van der Waals surface area contributed by atoms with Crippen molar-refractivity contribution in [2.75, 3.05) is 11.9 Å². The number of hydrogen-bond donors (Lipinski definition) is 1. The monoisotopic (exact) mass is 329 g/mol. The highest BCUT2D eigenvalue weighted by Gasteiger charge is 2.64. The molecule has 1 aromatic carbocycles. The fourth-order valence-electron chi connectivity index (χ4n) is 4.55. The number of hydrogen-bond acceptors (Lipinski definition) is 4. The van der Waals surface area contributed by atoms with Crippen LogP contribution in [0.25, 0.3) is 0 Å². The summed E-state index contributed by atoms with van der Waals surface area (Å²) in [7, 11) is 0. The van der Waals surface area contributed by atoms with Crippen molar-refractivity contribution in [2.45, 2.75) is 39.0 Å². The van der Waals surface area contributed by atoms with Gasteiger partial charge in [0.05, 0.1) is 12.0 Å². The van der Waals surface area contributed by atoms with Gasteiger partial charge in [0.15, 0.2) is 0 Å². The van der Waals surface area contributed by atoms with Crippen LogP contribution in [0.2, 0.25) is 0 Å². The van der Waals surface area contributed by atoms with Gasteiger partial charge in [0, 0.05) is 17.5 Å². The van der Waals surface area contributed by atoms with Crippen molar-refractivity contribution in [1.29, 1.82) is 0 Å². The lowest BCUT2D eigenvalue weighted by molar-refractivity contribution is -0.145. The number of ether oxygens (including phenoxy) is 1. The predicted octanol–water partition coefficient (Wildman–Crippen LogP) is 2.69. The Hall–Kier alpha value is -2.17. The van der Waals surface area contributed by atoms with Crippen molar-refractivity contribution in [3.63, 3.8) is 0 Å². The van der Waals surface area contributed by atoms with Crippen LogP contribution in [-0.2, 0) is 24.5 Å².